The molecule has 1 aliphatic carbocycles. The van der Waals surface area contributed by atoms with Crippen LogP contribution in [0.1, 0.15) is 30.9 Å². The Morgan fingerprint density at radius 3 is 2.10 bits per heavy atom. The van der Waals surface area contributed by atoms with Crippen molar-refractivity contribution in [2.45, 2.75) is 31.2 Å². The van der Waals surface area contributed by atoms with Crippen LogP contribution in [0.25, 0.3) is 11.1 Å². The summed E-state index contributed by atoms with van der Waals surface area (Å²) in [7, 11) is 0. The summed E-state index contributed by atoms with van der Waals surface area (Å²) in [5, 5.41) is 3.60. The maximum Gasteiger partial charge on any atom is 0.0242 e. The van der Waals surface area contributed by atoms with Gasteiger partial charge in [-0.1, -0.05) is 44.0 Å². The van der Waals surface area contributed by atoms with Gasteiger partial charge in [-0.15, -0.1) is 0 Å². The lowest BCUT2D eigenvalue weighted by molar-refractivity contribution is 0.310. The smallest absolute Gasteiger partial charge is 0.0242 e. The molecule has 2 aromatic rings. The van der Waals surface area contributed by atoms with E-state index in [1.807, 2.05) is 0 Å². The molecular weight excluding hydrogens is 390 g/mol. The van der Waals surface area contributed by atoms with Crippen LogP contribution >= 0.6 is 31.9 Å². The second-order valence-electron chi connectivity index (χ2n) is 6.27. The molecule has 0 bridgehead atoms. The summed E-state index contributed by atoms with van der Waals surface area (Å²) in [5.41, 5.74) is 5.99. The predicted molar refractivity (Wildman–Crippen MR) is 94.8 cm³/mol. The van der Waals surface area contributed by atoms with Crippen LogP contribution in [-0.2, 0) is 5.41 Å². The Bertz CT molecular complexity index is 672. The third-order valence-corrected chi connectivity index (χ3v) is 5.97. The van der Waals surface area contributed by atoms with Crippen LogP contribution in [0.15, 0.2) is 45.3 Å². The molecule has 1 atom stereocenters. The molecule has 108 valence electrons. The Morgan fingerprint density at radius 1 is 1.00 bits per heavy atom. The molecule has 2 aliphatic rings. The summed E-state index contributed by atoms with van der Waals surface area (Å²) in [6.07, 6.45) is 2.34. The molecule has 0 amide bonds. The van der Waals surface area contributed by atoms with Crippen molar-refractivity contribution in [3.8, 4) is 11.1 Å². The van der Waals surface area contributed by atoms with E-state index in [-0.39, 0.29) is 5.41 Å². The highest BCUT2D eigenvalue weighted by atomic mass is 79.9. The van der Waals surface area contributed by atoms with Gasteiger partial charge in [-0.2, -0.15) is 0 Å². The quantitative estimate of drug-likeness (QED) is 0.629. The summed E-state index contributed by atoms with van der Waals surface area (Å²) >= 11 is 7.33. The normalized spacial score (nSPS) is 22.1. The SMILES string of the molecule is C[C@@H]1CC2(CCN1)c1cc(Br)ccc1-c1ccc(Br)cc12. The average molecular weight is 407 g/mol. The van der Waals surface area contributed by atoms with Crippen molar-refractivity contribution >= 4 is 31.9 Å². The molecule has 0 aromatic heterocycles. The van der Waals surface area contributed by atoms with Gasteiger partial charge in [-0.25, -0.2) is 0 Å². The van der Waals surface area contributed by atoms with E-state index < -0.39 is 0 Å². The van der Waals surface area contributed by atoms with E-state index in [4.69, 9.17) is 0 Å². The third-order valence-electron chi connectivity index (χ3n) is 4.98. The molecule has 1 spiro atoms. The van der Waals surface area contributed by atoms with Crippen LogP contribution in [0.5, 0.6) is 0 Å². The minimum absolute atomic E-state index is 0.170. The number of rotatable bonds is 0. The first-order valence-electron chi connectivity index (χ1n) is 7.44. The van der Waals surface area contributed by atoms with Crippen LogP contribution in [0.3, 0.4) is 0 Å². The van der Waals surface area contributed by atoms with Crippen molar-refractivity contribution in [3.63, 3.8) is 0 Å². The summed E-state index contributed by atoms with van der Waals surface area (Å²) in [5.74, 6) is 0. The predicted octanol–water partition coefficient (Wildman–Crippen LogP) is 5.25. The molecule has 1 fully saturated rings. The third kappa shape index (κ3) is 2.05. The topological polar surface area (TPSA) is 12.0 Å². The first-order chi connectivity index (χ1) is 10.1. The molecular formula is C18H17Br2N. The highest BCUT2D eigenvalue weighted by Crippen LogP contribution is 2.55. The van der Waals surface area contributed by atoms with Crippen LogP contribution < -0.4 is 5.32 Å². The zero-order chi connectivity index (χ0) is 14.6. The zero-order valence-electron chi connectivity index (χ0n) is 11.9. The number of nitrogens with one attached hydrogen (secondary N) is 1. The first kappa shape index (κ1) is 14.0. The van der Waals surface area contributed by atoms with Crippen LogP contribution in [0.2, 0.25) is 0 Å². The molecule has 21 heavy (non-hydrogen) atoms. The molecule has 2 aromatic carbocycles. The summed E-state index contributed by atoms with van der Waals surface area (Å²) < 4.78 is 2.36. The number of fused-ring (bicyclic) bond motifs is 5. The van der Waals surface area contributed by atoms with Crippen molar-refractivity contribution in [1.29, 1.82) is 0 Å². The second kappa shape index (κ2) is 4.94. The van der Waals surface area contributed by atoms with Gasteiger partial charge < -0.3 is 5.32 Å². The number of halogens is 2. The van der Waals surface area contributed by atoms with Crippen LogP contribution in [0.4, 0.5) is 0 Å². The van der Waals surface area contributed by atoms with Crippen molar-refractivity contribution in [3.05, 3.63) is 56.5 Å². The largest absolute Gasteiger partial charge is 0.314 e. The van der Waals surface area contributed by atoms with Gasteiger partial charge >= 0.3 is 0 Å². The molecule has 3 heteroatoms. The lowest BCUT2D eigenvalue weighted by Crippen LogP contribution is -2.44. The molecule has 0 unspecified atom stereocenters. The molecule has 1 saturated heterocycles. The van der Waals surface area contributed by atoms with E-state index in [0.717, 1.165) is 6.54 Å². The van der Waals surface area contributed by atoms with Crippen LogP contribution in [0, 0.1) is 0 Å². The van der Waals surface area contributed by atoms with E-state index in [1.165, 1.54) is 44.0 Å². The fraction of sp³-hybridized carbons (Fsp3) is 0.333. The molecule has 1 aliphatic heterocycles. The Balaban J connectivity index is 2.02. The molecule has 0 radical (unpaired) electrons. The maximum absolute atomic E-state index is 3.66. The van der Waals surface area contributed by atoms with Gasteiger partial charge in [0.25, 0.3) is 0 Å². The Morgan fingerprint density at radius 2 is 1.57 bits per heavy atom. The molecule has 1 heterocycles. The maximum atomic E-state index is 3.66. The molecule has 4 rings (SSSR count). The fourth-order valence-corrected chi connectivity index (χ4v) is 4.88. The minimum atomic E-state index is 0.170. The first-order valence-corrected chi connectivity index (χ1v) is 9.02. The number of piperidine rings is 1. The van der Waals surface area contributed by atoms with E-state index in [1.54, 1.807) is 0 Å². The van der Waals surface area contributed by atoms with Crippen molar-refractivity contribution in [1.82, 2.24) is 5.32 Å². The number of hydrogen-bond donors (Lipinski definition) is 1. The lowest BCUT2D eigenvalue weighted by atomic mass is 9.69. The van der Waals surface area contributed by atoms with Gasteiger partial charge in [0.15, 0.2) is 0 Å². The summed E-state index contributed by atoms with van der Waals surface area (Å²) in [6, 6.07) is 14.1. The number of benzene rings is 2. The summed E-state index contributed by atoms with van der Waals surface area (Å²) in [6.45, 7) is 3.38. The van der Waals surface area contributed by atoms with E-state index in [9.17, 15) is 0 Å². The molecule has 0 saturated carbocycles. The van der Waals surface area contributed by atoms with Gasteiger partial charge in [0.05, 0.1) is 0 Å². The highest BCUT2D eigenvalue weighted by molar-refractivity contribution is 9.10. The van der Waals surface area contributed by atoms with Gasteiger partial charge in [0, 0.05) is 20.4 Å². The Hall–Kier alpha value is -0.640. The highest BCUT2D eigenvalue weighted by Gasteiger charge is 2.45. The lowest BCUT2D eigenvalue weighted by Gasteiger charge is -2.39. The standard InChI is InChI=1S/C18H17Br2N/c1-11-10-18(6-7-21-11)16-8-12(19)2-4-14(16)15-5-3-13(20)9-17(15)18/h2-5,8-9,11,21H,6-7,10H2,1H3/t11-/m1/s1. The zero-order valence-corrected chi connectivity index (χ0v) is 15.1. The average Bonchev–Trinajstić information content (AvgIpc) is 2.69. The van der Waals surface area contributed by atoms with Crippen molar-refractivity contribution in [2.24, 2.45) is 0 Å². The molecule has 1 N–H and O–H groups in total. The monoisotopic (exact) mass is 405 g/mol. The fourth-order valence-electron chi connectivity index (χ4n) is 4.16. The Labute approximate surface area is 142 Å². The van der Waals surface area contributed by atoms with Gasteiger partial charge in [0.1, 0.15) is 0 Å². The van der Waals surface area contributed by atoms with E-state index in [0.29, 0.717) is 6.04 Å². The second-order valence-corrected chi connectivity index (χ2v) is 8.10. The van der Waals surface area contributed by atoms with E-state index >= 15 is 0 Å². The van der Waals surface area contributed by atoms with E-state index in [2.05, 4.69) is 80.5 Å². The van der Waals surface area contributed by atoms with Gasteiger partial charge in [-0.05, 0) is 72.8 Å². The molecule has 1 nitrogen and oxygen atoms in total. The van der Waals surface area contributed by atoms with Gasteiger partial charge in [0.2, 0.25) is 0 Å². The van der Waals surface area contributed by atoms with Crippen molar-refractivity contribution in [2.75, 3.05) is 6.54 Å². The van der Waals surface area contributed by atoms with Crippen LogP contribution in [-0.4, -0.2) is 12.6 Å². The number of hydrogen-bond acceptors (Lipinski definition) is 1. The van der Waals surface area contributed by atoms with Crippen molar-refractivity contribution < 1.29 is 0 Å². The minimum Gasteiger partial charge on any atom is -0.314 e. The summed E-state index contributed by atoms with van der Waals surface area (Å²) in [4.78, 5) is 0. The Kier molecular flexibility index (Phi) is 3.29. The van der Waals surface area contributed by atoms with Gasteiger partial charge in [-0.3, -0.25) is 0 Å².